The molecule has 43 heavy (non-hydrogen) atoms. The van der Waals surface area contributed by atoms with Gasteiger partial charge in [0.2, 0.25) is 5.91 Å². The number of hydrogen-bond acceptors (Lipinski definition) is 5. The molecule has 0 spiro atoms. The van der Waals surface area contributed by atoms with Crippen LogP contribution in [0.1, 0.15) is 48.6 Å². The molecular formula is C33H33Cl2FN2O5. The maximum Gasteiger partial charge on any atom is 0.312 e. The van der Waals surface area contributed by atoms with E-state index in [1.807, 2.05) is 31.2 Å². The standard InChI is InChI=1S/C33H33Cl2FN2O5/c1-3-4-27(31(39)37-18-23(19-37)33(41)42-2)38-29(21-7-11-24(34)12-8-21)30(22-9-13-25(35)14-10-22)43-28(32(38)40)17-20-5-15-26(36)16-6-20/h5-16,23,27-30H,3-4,17-19H2,1-2H3/t27-,28+,29?,30+/m1/s1. The van der Waals surface area contributed by atoms with Crippen molar-refractivity contribution >= 4 is 41.0 Å². The quantitative estimate of drug-likeness (QED) is 0.265. The minimum absolute atomic E-state index is 0.189. The first-order valence-corrected chi connectivity index (χ1v) is 15.0. The summed E-state index contributed by atoms with van der Waals surface area (Å²) in [7, 11) is 1.33. The second-order valence-corrected chi connectivity index (χ2v) is 11.8. The van der Waals surface area contributed by atoms with Gasteiger partial charge in [-0.15, -0.1) is 0 Å². The number of hydrogen-bond donors (Lipinski definition) is 0. The predicted molar refractivity (Wildman–Crippen MR) is 161 cm³/mol. The smallest absolute Gasteiger partial charge is 0.312 e. The highest BCUT2D eigenvalue weighted by atomic mass is 35.5. The highest BCUT2D eigenvalue weighted by Gasteiger charge is 2.50. The van der Waals surface area contributed by atoms with Crippen LogP contribution in [0.4, 0.5) is 4.39 Å². The summed E-state index contributed by atoms with van der Waals surface area (Å²) in [5.74, 6) is -1.70. The van der Waals surface area contributed by atoms with Gasteiger partial charge in [0.15, 0.2) is 0 Å². The molecule has 0 radical (unpaired) electrons. The molecule has 2 aliphatic heterocycles. The monoisotopic (exact) mass is 626 g/mol. The number of methoxy groups -OCH3 is 1. The minimum atomic E-state index is -0.943. The van der Waals surface area contributed by atoms with Crippen molar-refractivity contribution in [1.29, 1.82) is 0 Å². The molecule has 3 aromatic carbocycles. The molecule has 2 heterocycles. The number of carbonyl (C=O) groups excluding carboxylic acids is 3. The van der Waals surface area contributed by atoms with Gasteiger partial charge in [-0.3, -0.25) is 14.4 Å². The Morgan fingerprint density at radius 1 is 0.953 bits per heavy atom. The maximum atomic E-state index is 14.5. The Kier molecular flexibility index (Phi) is 9.69. The number of benzene rings is 3. The lowest BCUT2D eigenvalue weighted by molar-refractivity contribution is -0.185. The van der Waals surface area contributed by atoms with Gasteiger partial charge in [-0.25, -0.2) is 4.39 Å². The van der Waals surface area contributed by atoms with Gasteiger partial charge in [-0.1, -0.05) is 72.9 Å². The van der Waals surface area contributed by atoms with E-state index in [1.165, 1.54) is 19.2 Å². The second kappa shape index (κ2) is 13.5. The molecule has 2 saturated heterocycles. The first-order valence-electron chi connectivity index (χ1n) is 14.3. The summed E-state index contributed by atoms with van der Waals surface area (Å²) < 4.78 is 25.2. The van der Waals surface area contributed by atoms with E-state index in [0.29, 0.717) is 22.9 Å². The van der Waals surface area contributed by atoms with E-state index in [2.05, 4.69) is 0 Å². The van der Waals surface area contributed by atoms with E-state index in [-0.39, 0.29) is 43.1 Å². The van der Waals surface area contributed by atoms with Crippen LogP contribution >= 0.6 is 23.2 Å². The minimum Gasteiger partial charge on any atom is -0.469 e. The van der Waals surface area contributed by atoms with E-state index in [9.17, 15) is 18.8 Å². The van der Waals surface area contributed by atoms with E-state index in [0.717, 1.165) is 16.7 Å². The molecule has 0 bridgehead atoms. The molecule has 0 aliphatic carbocycles. The molecule has 2 aliphatic rings. The number of likely N-dealkylation sites (tertiary alicyclic amines) is 1. The van der Waals surface area contributed by atoms with Crippen LogP contribution in [-0.4, -0.2) is 59.9 Å². The van der Waals surface area contributed by atoms with Gasteiger partial charge in [-0.05, 0) is 59.5 Å². The SMILES string of the molecule is CCC[C@H](C(=O)N1CC(C(=O)OC)C1)N1C(=O)[C@H](Cc2ccc(F)cc2)O[C@@H](c2ccc(Cl)cc2)C1c1ccc(Cl)cc1. The number of ether oxygens (including phenoxy) is 2. The Morgan fingerprint density at radius 2 is 1.53 bits per heavy atom. The van der Waals surface area contributed by atoms with Crippen LogP contribution in [0.15, 0.2) is 72.8 Å². The topological polar surface area (TPSA) is 76.2 Å². The molecule has 1 unspecified atom stereocenters. The van der Waals surface area contributed by atoms with Crippen molar-refractivity contribution in [3.63, 3.8) is 0 Å². The van der Waals surface area contributed by atoms with Crippen molar-refractivity contribution in [3.8, 4) is 0 Å². The van der Waals surface area contributed by atoms with Crippen molar-refractivity contribution in [2.75, 3.05) is 20.2 Å². The first kappa shape index (κ1) is 31.0. The number of amides is 2. The van der Waals surface area contributed by atoms with Gasteiger partial charge in [0.1, 0.15) is 24.1 Å². The summed E-state index contributed by atoms with van der Waals surface area (Å²) in [6, 6.07) is 18.9. The fraction of sp³-hybridized carbons (Fsp3) is 0.364. The third-order valence-corrected chi connectivity index (χ3v) is 8.59. The van der Waals surface area contributed by atoms with Crippen molar-refractivity contribution in [1.82, 2.24) is 9.80 Å². The fourth-order valence-electron chi connectivity index (χ4n) is 5.82. The molecule has 10 heteroatoms. The average Bonchev–Trinajstić information content (AvgIpc) is 2.98. The molecule has 0 N–H and O–H groups in total. The van der Waals surface area contributed by atoms with Gasteiger partial charge in [-0.2, -0.15) is 0 Å². The van der Waals surface area contributed by atoms with Crippen LogP contribution in [0, 0.1) is 11.7 Å². The lowest BCUT2D eigenvalue weighted by Gasteiger charge is -2.49. The molecular weight excluding hydrogens is 594 g/mol. The van der Waals surface area contributed by atoms with E-state index >= 15 is 0 Å². The van der Waals surface area contributed by atoms with Crippen LogP contribution in [-0.2, 0) is 30.3 Å². The maximum absolute atomic E-state index is 14.5. The number of nitrogens with zero attached hydrogens (tertiary/aromatic N) is 2. The summed E-state index contributed by atoms with van der Waals surface area (Å²) >= 11 is 12.5. The Bertz CT molecular complexity index is 1450. The lowest BCUT2D eigenvalue weighted by Crippen LogP contribution is -2.63. The summed E-state index contributed by atoms with van der Waals surface area (Å²) in [5.41, 5.74) is 2.26. The van der Waals surface area contributed by atoms with Gasteiger partial charge in [0, 0.05) is 29.6 Å². The summed E-state index contributed by atoms with van der Waals surface area (Å²) in [5, 5.41) is 1.08. The van der Waals surface area contributed by atoms with Gasteiger partial charge in [0.25, 0.3) is 5.91 Å². The summed E-state index contributed by atoms with van der Waals surface area (Å²) in [4.78, 5) is 43.9. The molecule has 0 saturated carbocycles. The lowest BCUT2D eigenvalue weighted by atomic mass is 9.88. The van der Waals surface area contributed by atoms with E-state index in [1.54, 1.807) is 46.2 Å². The number of carbonyl (C=O) groups is 3. The summed E-state index contributed by atoms with van der Waals surface area (Å²) in [6.07, 6.45) is -0.371. The van der Waals surface area contributed by atoms with Crippen LogP contribution in [0.2, 0.25) is 10.0 Å². The molecule has 5 rings (SSSR count). The number of morpholine rings is 1. The van der Waals surface area contributed by atoms with Crippen molar-refractivity contribution in [3.05, 3.63) is 105 Å². The van der Waals surface area contributed by atoms with Crippen LogP contribution in [0.25, 0.3) is 0 Å². The third kappa shape index (κ3) is 6.71. The Hall–Kier alpha value is -3.46. The Labute approximate surface area is 260 Å². The summed E-state index contributed by atoms with van der Waals surface area (Å²) in [6.45, 7) is 2.42. The zero-order valence-electron chi connectivity index (χ0n) is 23.9. The van der Waals surface area contributed by atoms with Crippen molar-refractivity contribution in [2.45, 2.75) is 50.5 Å². The predicted octanol–water partition coefficient (Wildman–Crippen LogP) is 6.19. The first-order chi connectivity index (χ1) is 20.7. The molecule has 7 nitrogen and oxygen atoms in total. The molecule has 4 atom stereocenters. The van der Waals surface area contributed by atoms with Gasteiger partial charge < -0.3 is 19.3 Å². The van der Waals surface area contributed by atoms with E-state index in [4.69, 9.17) is 32.7 Å². The number of rotatable bonds is 9. The normalized spacial score (nSPS) is 21.3. The average molecular weight is 628 g/mol. The largest absolute Gasteiger partial charge is 0.469 e. The van der Waals surface area contributed by atoms with Crippen LogP contribution < -0.4 is 0 Å². The second-order valence-electron chi connectivity index (χ2n) is 10.9. The van der Waals surface area contributed by atoms with Gasteiger partial charge in [0.05, 0.1) is 19.1 Å². The number of halogens is 3. The van der Waals surface area contributed by atoms with Crippen molar-refractivity contribution < 1.29 is 28.2 Å². The Balaban J connectivity index is 1.59. The molecule has 226 valence electrons. The zero-order chi connectivity index (χ0) is 30.7. The highest BCUT2D eigenvalue weighted by molar-refractivity contribution is 6.30. The highest BCUT2D eigenvalue weighted by Crippen LogP contribution is 2.45. The van der Waals surface area contributed by atoms with Crippen LogP contribution in [0.3, 0.4) is 0 Å². The van der Waals surface area contributed by atoms with Crippen LogP contribution in [0.5, 0.6) is 0 Å². The molecule has 2 fully saturated rings. The Morgan fingerprint density at radius 3 is 2.09 bits per heavy atom. The molecule has 0 aromatic heterocycles. The third-order valence-electron chi connectivity index (χ3n) is 8.08. The van der Waals surface area contributed by atoms with E-state index < -0.39 is 30.2 Å². The fourth-order valence-corrected chi connectivity index (χ4v) is 6.08. The zero-order valence-corrected chi connectivity index (χ0v) is 25.4. The van der Waals surface area contributed by atoms with Gasteiger partial charge >= 0.3 is 5.97 Å². The number of esters is 1. The molecule has 3 aromatic rings. The van der Waals surface area contributed by atoms with Crippen molar-refractivity contribution in [2.24, 2.45) is 5.92 Å². The molecule has 2 amide bonds.